The molecule has 1 saturated heterocycles. The molecule has 1 fully saturated rings. The van der Waals surface area contributed by atoms with E-state index in [1.807, 2.05) is 29.2 Å². The van der Waals surface area contributed by atoms with E-state index in [2.05, 4.69) is 28.1 Å². The van der Waals surface area contributed by atoms with Gasteiger partial charge in [-0.1, -0.05) is 24.3 Å². The van der Waals surface area contributed by atoms with Gasteiger partial charge in [0.2, 0.25) is 5.91 Å². The van der Waals surface area contributed by atoms with Crippen LogP contribution < -0.4 is 4.90 Å². The lowest BCUT2D eigenvalue weighted by atomic mass is 9.82. The van der Waals surface area contributed by atoms with Crippen LogP contribution in [0.4, 0.5) is 5.82 Å². The summed E-state index contributed by atoms with van der Waals surface area (Å²) in [6.07, 6.45) is 8.39. The molecule has 5 rings (SSSR count). The maximum absolute atomic E-state index is 13.7. The normalized spacial score (nSPS) is 20.6. The zero-order valence-electron chi connectivity index (χ0n) is 19.9. The van der Waals surface area contributed by atoms with Crippen LogP contribution in [0.15, 0.2) is 54.7 Å². The fraction of sp³-hybridized carbons (Fsp3) is 0.407. The number of allylic oxidation sites excluding steroid dienone is 2. The molecule has 3 heterocycles. The number of nitrogens with zero attached hydrogens (tertiary/aromatic N) is 4. The highest BCUT2D eigenvalue weighted by atomic mass is 32.1. The number of thiazole rings is 1. The topological polar surface area (TPSA) is 75.6 Å². The maximum atomic E-state index is 13.7. The molecule has 1 aliphatic carbocycles. The van der Waals surface area contributed by atoms with Crippen molar-refractivity contribution in [3.63, 3.8) is 0 Å². The summed E-state index contributed by atoms with van der Waals surface area (Å²) < 4.78 is 6.22. The largest absolute Gasteiger partial charge is 0.462 e. The first kappa shape index (κ1) is 23.5. The third-order valence-corrected chi connectivity index (χ3v) is 7.94. The van der Waals surface area contributed by atoms with E-state index in [1.165, 1.54) is 4.70 Å². The second-order valence-corrected chi connectivity index (χ2v) is 10.0. The highest BCUT2D eigenvalue weighted by Crippen LogP contribution is 2.39. The lowest BCUT2D eigenvalue weighted by Gasteiger charge is -2.31. The van der Waals surface area contributed by atoms with Gasteiger partial charge in [0.1, 0.15) is 5.82 Å². The minimum Gasteiger partial charge on any atom is -0.462 e. The number of amides is 1. The molecule has 1 aromatic carbocycles. The van der Waals surface area contributed by atoms with Crippen LogP contribution in [0.5, 0.6) is 0 Å². The van der Waals surface area contributed by atoms with Gasteiger partial charge in [-0.3, -0.25) is 4.79 Å². The molecule has 2 aromatic heterocycles. The minimum atomic E-state index is -0.358. The first-order chi connectivity index (χ1) is 17.1. The van der Waals surface area contributed by atoms with E-state index in [4.69, 9.17) is 9.72 Å². The van der Waals surface area contributed by atoms with Crippen molar-refractivity contribution in [2.45, 2.75) is 32.1 Å². The van der Waals surface area contributed by atoms with Crippen LogP contribution in [0.2, 0.25) is 0 Å². The zero-order chi connectivity index (χ0) is 24.2. The summed E-state index contributed by atoms with van der Waals surface area (Å²) in [5.74, 6) is 0.741. The highest BCUT2D eigenvalue weighted by Gasteiger charge is 2.35. The van der Waals surface area contributed by atoms with E-state index in [0.29, 0.717) is 25.3 Å². The van der Waals surface area contributed by atoms with E-state index in [0.717, 1.165) is 48.7 Å². The van der Waals surface area contributed by atoms with Crippen molar-refractivity contribution in [3.8, 4) is 0 Å². The molecule has 3 aromatic rings. The van der Waals surface area contributed by atoms with Gasteiger partial charge in [0.25, 0.3) is 0 Å². The molecule has 0 radical (unpaired) electrons. The Labute approximate surface area is 209 Å². The molecule has 0 bridgehead atoms. The molecule has 35 heavy (non-hydrogen) atoms. The third kappa shape index (κ3) is 5.07. The first-order valence-electron chi connectivity index (χ1n) is 12.3. The number of aromatic nitrogens is 2. The number of carbonyl (C=O) groups excluding carboxylic acids is 2. The van der Waals surface area contributed by atoms with Crippen molar-refractivity contribution in [3.05, 3.63) is 65.3 Å². The van der Waals surface area contributed by atoms with Gasteiger partial charge in [0.05, 0.1) is 33.3 Å². The Morgan fingerprint density at radius 1 is 1.06 bits per heavy atom. The first-order valence-corrected chi connectivity index (χ1v) is 13.1. The van der Waals surface area contributed by atoms with Crippen molar-refractivity contribution < 1.29 is 14.3 Å². The summed E-state index contributed by atoms with van der Waals surface area (Å²) in [6.45, 7) is 5.06. The van der Waals surface area contributed by atoms with Crippen LogP contribution in [-0.2, 0) is 9.53 Å². The van der Waals surface area contributed by atoms with Gasteiger partial charge >= 0.3 is 5.97 Å². The van der Waals surface area contributed by atoms with E-state index < -0.39 is 0 Å². The van der Waals surface area contributed by atoms with Crippen LogP contribution in [0.3, 0.4) is 0 Å². The summed E-state index contributed by atoms with van der Waals surface area (Å²) >= 11 is 1.71. The number of para-hydroxylation sites is 1. The van der Waals surface area contributed by atoms with E-state index in [-0.39, 0.29) is 23.7 Å². The van der Waals surface area contributed by atoms with Gasteiger partial charge in [0, 0.05) is 38.3 Å². The average Bonchev–Trinajstić information content (AvgIpc) is 3.18. The second-order valence-electron chi connectivity index (χ2n) is 8.97. The molecule has 2 aliphatic rings. The summed E-state index contributed by atoms with van der Waals surface area (Å²) in [6, 6.07) is 11.8. The molecule has 8 heteroatoms. The zero-order valence-corrected chi connectivity index (χ0v) is 20.7. The second kappa shape index (κ2) is 10.6. The number of carbonyl (C=O) groups is 2. The van der Waals surface area contributed by atoms with Crippen molar-refractivity contribution in [2.24, 2.45) is 5.92 Å². The molecule has 182 valence electrons. The molecule has 2 atom stereocenters. The van der Waals surface area contributed by atoms with Gasteiger partial charge in [-0.15, -0.1) is 11.3 Å². The van der Waals surface area contributed by atoms with Gasteiger partial charge in [-0.2, -0.15) is 0 Å². The molecule has 0 unspecified atom stereocenters. The molecule has 0 spiro atoms. The Morgan fingerprint density at radius 2 is 1.91 bits per heavy atom. The van der Waals surface area contributed by atoms with Crippen LogP contribution in [0.1, 0.15) is 47.5 Å². The Bertz CT molecular complexity index is 1190. The summed E-state index contributed by atoms with van der Waals surface area (Å²) in [4.78, 5) is 39.2. The molecule has 1 aliphatic heterocycles. The standard InChI is InChI=1S/C27H30N4O3S/c1-2-34-27(33)19-12-13-24(28-18-19)30-14-7-15-31(17-16-30)26(32)21-9-4-3-8-20(21)25-29-22-10-5-6-11-23(22)35-25/h3-6,10-13,18,20-21H,2,7-9,14-17H2,1H3/t20-,21-/m0/s1. The predicted octanol–water partition coefficient (Wildman–Crippen LogP) is 4.66. The Kier molecular flexibility index (Phi) is 7.08. The number of anilines is 1. The van der Waals surface area contributed by atoms with Crippen molar-refractivity contribution >= 4 is 39.2 Å². The quantitative estimate of drug-likeness (QED) is 0.383. The minimum absolute atomic E-state index is 0.0749. The number of hydrogen-bond donors (Lipinski definition) is 0. The number of fused-ring (bicyclic) bond motifs is 1. The molecule has 7 nitrogen and oxygen atoms in total. The van der Waals surface area contributed by atoms with E-state index in [1.54, 1.807) is 30.5 Å². The summed E-state index contributed by atoms with van der Waals surface area (Å²) in [7, 11) is 0. The van der Waals surface area contributed by atoms with Gasteiger partial charge < -0.3 is 14.5 Å². The summed E-state index contributed by atoms with van der Waals surface area (Å²) in [5.41, 5.74) is 1.47. The summed E-state index contributed by atoms with van der Waals surface area (Å²) in [5, 5.41) is 1.07. The van der Waals surface area contributed by atoms with Crippen LogP contribution in [0, 0.1) is 5.92 Å². The van der Waals surface area contributed by atoms with Gasteiger partial charge in [-0.05, 0) is 50.5 Å². The Morgan fingerprint density at radius 3 is 2.71 bits per heavy atom. The van der Waals surface area contributed by atoms with Crippen LogP contribution in [-0.4, -0.2) is 59.5 Å². The third-order valence-electron chi connectivity index (χ3n) is 6.77. The molecule has 0 saturated carbocycles. The number of benzene rings is 1. The fourth-order valence-corrected chi connectivity index (χ4v) is 6.06. The lowest BCUT2D eigenvalue weighted by Crippen LogP contribution is -2.41. The molecule has 1 amide bonds. The van der Waals surface area contributed by atoms with Gasteiger partial charge in [-0.25, -0.2) is 14.8 Å². The number of hydrogen-bond acceptors (Lipinski definition) is 7. The molecule has 0 N–H and O–H groups in total. The Hall–Kier alpha value is -3.26. The number of esters is 1. The van der Waals surface area contributed by atoms with Crippen molar-refractivity contribution in [2.75, 3.05) is 37.7 Å². The van der Waals surface area contributed by atoms with E-state index in [9.17, 15) is 9.59 Å². The monoisotopic (exact) mass is 490 g/mol. The maximum Gasteiger partial charge on any atom is 0.339 e. The van der Waals surface area contributed by atoms with Crippen LogP contribution >= 0.6 is 11.3 Å². The van der Waals surface area contributed by atoms with Crippen molar-refractivity contribution in [1.82, 2.24) is 14.9 Å². The van der Waals surface area contributed by atoms with E-state index >= 15 is 0 Å². The SMILES string of the molecule is CCOC(=O)c1ccc(N2CCCN(C(=O)[C@H]3CC=CC[C@@H]3c3nc4ccccc4s3)CC2)nc1. The predicted molar refractivity (Wildman–Crippen MR) is 138 cm³/mol. The number of ether oxygens (including phenoxy) is 1. The number of pyridine rings is 1. The molecular weight excluding hydrogens is 460 g/mol. The lowest BCUT2D eigenvalue weighted by molar-refractivity contribution is -0.136. The molecular formula is C27H30N4O3S. The smallest absolute Gasteiger partial charge is 0.339 e. The van der Waals surface area contributed by atoms with Gasteiger partial charge in [0.15, 0.2) is 0 Å². The highest BCUT2D eigenvalue weighted by molar-refractivity contribution is 7.18. The fourth-order valence-electron chi connectivity index (χ4n) is 4.92. The Balaban J connectivity index is 1.26. The van der Waals surface area contributed by atoms with Crippen LogP contribution in [0.25, 0.3) is 10.2 Å². The van der Waals surface area contributed by atoms with Crippen molar-refractivity contribution in [1.29, 1.82) is 0 Å². The number of rotatable bonds is 5. The average molecular weight is 491 g/mol.